The number of benzene rings is 1. The minimum Gasteiger partial charge on any atom is -0.332 e. The quantitative estimate of drug-likeness (QED) is 0.582. The summed E-state index contributed by atoms with van der Waals surface area (Å²) in [6, 6.07) is 7.40. The number of imidazole rings is 1. The number of carbonyl (C=O) groups is 2. The molecule has 4 aromatic rings. The second-order valence-corrected chi connectivity index (χ2v) is 7.59. The summed E-state index contributed by atoms with van der Waals surface area (Å²) in [6.07, 6.45) is 1.91. The predicted molar refractivity (Wildman–Crippen MR) is 100 cm³/mol. The van der Waals surface area contributed by atoms with Crippen LogP contribution in [0, 0.1) is 5.82 Å². The number of nitrogens with zero attached hydrogens (tertiary/aromatic N) is 3. The van der Waals surface area contributed by atoms with E-state index in [1.54, 1.807) is 19.2 Å². The van der Waals surface area contributed by atoms with Crippen molar-refractivity contribution in [3.8, 4) is 0 Å². The molecule has 1 N–H and O–H groups in total. The smallest absolute Gasteiger partial charge is 0.264 e. The molecule has 0 bridgehead atoms. The lowest BCUT2D eigenvalue weighted by atomic mass is 10.3. The van der Waals surface area contributed by atoms with E-state index in [-0.39, 0.29) is 12.5 Å². The molecule has 0 saturated carbocycles. The van der Waals surface area contributed by atoms with Gasteiger partial charge in [-0.2, -0.15) is 0 Å². The number of hydrogen-bond acceptors (Lipinski definition) is 5. The molecule has 2 amide bonds. The number of amides is 2. The summed E-state index contributed by atoms with van der Waals surface area (Å²) < 4.78 is 15.1. The third-order valence-corrected chi connectivity index (χ3v) is 5.55. The lowest BCUT2D eigenvalue weighted by molar-refractivity contribution is -0.116. The number of anilines is 1. The van der Waals surface area contributed by atoms with Gasteiger partial charge in [-0.1, -0.05) is 6.07 Å². The first-order valence-corrected chi connectivity index (χ1v) is 9.37. The summed E-state index contributed by atoms with van der Waals surface area (Å²) >= 11 is 2.83. The molecule has 0 spiro atoms. The van der Waals surface area contributed by atoms with Crippen molar-refractivity contribution in [3.63, 3.8) is 0 Å². The Morgan fingerprint density at radius 1 is 1.35 bits per heavy atom. The Morgan fingerprint density at radius 2 is 2.19 bits per heavy atom. The van der Waals surface area contributed by atoms with Crippen molar-refractivity contribution >= 4 is 55.5 Å². The number of aromatic nitrogens is 2. The first-order valence-electron chi connectivity index (χ1n) is 7.67. The first-order chi connectivity index (χ1) is 12.5. The Balaban J connectivity index is 1.46. The van der Waals surface area contributed by atoms with E-state index < -0.39 is 11.7 Å². The van der Waals surface area contributed by atoms with Crippen molar-refractivity contribution in [2.45, 2.75) is 0 Å². The van der Waals surface area contributed by atoms with Crippen LogP contribution in [0.3, 0.4) is 0 Å². The molecule has 0 unspecified atom stereocenters. The van der Waals surface area contributed by atoms with Gasteiger partial charge in [-0.25, -0.2) is 9.37 Å². The second kappa shape index (κ2) is 6.50. The van der Waals surface area contributed by atoms with Gasteiger partial charge in [-0.15, -0.1) is 22.7 Å². The summed E-state index contributed by atoms with van der Waals surface area (Å²) in [5.41, 5.74) is 1.23. The van der Waals surface area contributed by atoms with Crippen LogP contribution in [0.5, 0.6) is 0 Å². The molecule has 132 valence electrons. The summed E-state index contributed by atoms with van der Waals surface area (Å²) in [5, 5.41) is 4.51. The Morgan fingerprint density at radius 3 is 3.00 bits per heavy atom. The van der Waals surface area contributed by atoms with E-state index in [9.17, 15) is 14.0 Å². The zero-order chi connectivity index (χ0) is 18.3. The fraction of sp³-hybridized carbons (Fsp3) is 0.118. The molecule has 6 nitrogen and oxygen atoms in total. The Labute approximate surface area is 155 Å². The monoisotopic (exact) mass is 388 g/mol. The van der Waals surface area contributed by atoms with Crippen LogP contribution in [0.1, 0.15) is 9.67 Å². The highest BCUT2D eigenvalue weighted by atomic mass is 32.1. The highest BCUT2D eigenvalue weighted by molar-refractivity contribution is 7.21. The van der Waals surface area contributed by atoms with Gasteiger partial charge in [0.05, 0.1) is 16.9 Å². The van der Waals surface area contributed by atoms with Gasteiger partial charge in [0.1, 0.15) is 10.6 Å². The fourth-order valence-electron chi connectivity index (χ4n) is 2.60. The van der Waals surface area contributed by atoms with Crippen LogP contribution < -0.4 is 5.32 Å². The van der Waals surface area contributed by atoms with Gasteiger partial charge in [0, 0.05) is 24.3 Å². The average Bonchev–Trinajstić information content (AvgIpc) is 3.25. The standard InChI is InChI=1S/C17H13FN4O2S2/c1-21(9-14(23)19-11-4-2-3-10(18)7-11)16(24)13-8-12-15(26-13)20-17-22(12)5-6-25-17/h2-8H,9H2,1H3,(H,19,23). The molecule has 0 aliphatic carbocycles. The normalized spacial score (nSPS) is 11.2. The maximum atomic E-state index is 13.2. The number of likely N-dealkylation sites (N-methyl/N-ethyl adjacent to an activating group) is 1. The van der Waals surface area contributed by atoms with Crippen molar-refractivity contribution < 1.29 is 14.0 Å². The zero-order valence-electron chi connectivity index (χ0n) is 13.6. The molecule has 9 heteroatoms. The highest BCUT2D eigenvalue weighted by Crippen LogP contribution is 2.28. The van der Waals surface area contributed by atoms with Crippen molar-refractivity contribution in [3.05, 3.63) is 52.6 Å². The van der Waals surface area contributed by atoms with Crippen molar-refractivity contribution in [2.75, 3.05) is 18.9 Å². The van der Waals surface area contributed by atoms with Crippen LogP contribution in [0.15, 0.2) is 41.9 Å². The van der Waals surface area contributed by atoms with Crippen molar-refractivity contribution in [1.29, 1.82) is 0 Å². The van der Waals surface area contributed by atoms with Crippen LogP contribution in [0.2, 0.25) is 0 Å². The molecule has 26 heavy (non-hydrogen) atoms. The topological polar surface area (TPSA) is 66.7 Å². The molecule has 3 aromatic heterocycles. The average molecular weight is 388 g/mol. The molecule has 1 aromatic carbocycles. The summed E-state index contributed by atoms with van der Waals surface area (Å²) in [7, 11) is 1.55. The van der Waals surface area contributed by atoms with E-state index in [1.165, 1.54) is 45.8 Å². The van der Waals surface area contributed by atoms with E-state index in [2.05, 4.69) is 10.3 Å². The minimum absolute atomic E-state index is 0.133. The summed E-state index contributed by atoms with van der Waals surface area (Å²) in [6.45, 7) is -0.133. The van der Waals surface area contributed by atoms with Gasteiger partial charge in [0.25, 0.3) is 5.91 Å². The third kappa shape index (κ3) is 3.06. The van der Waals surface area contributed by atoms with Gasteiger partial charge in [-0.3, -0.25) is 14.0 Å². The van der Waals surface area contributed by atoms with E-state index in [1.807, 2.05) is 16.0 Å². The molecular weight excluding hydrogens is 375 g/mol. The van der Waals surface area contributed by atoms with Crippen LogP contribution >= 0.6 is 22.7 Å². The van der Waals surface area contributed by atoms with E-state index in [0.717, 1.165) is 15.3 Å². The number of thiophene rings is 1. The Bertz CT molecular complexity index is 1130. The van der Waals surface area contributed by atoms with E-state index >= 15 is 0 Å². The highest BCUT2D eigenvalue weighted by Gasteiger charge is 2.20. The minimum atomic E-state index is -0.436. The fourth-order valence-corrected chi connectivity index (χ4v) is 4.39. The molecular formula is C17H13FN4O2S2. The van der Waals surface area contributed by atoms with Gasteiger partial charge in [0.2, 0.25) is 5.91 Å². The zero-order valence-corrected chi connectivity index (χ0v) is 15.2. The van der Waals surface area contributed by atoms with Crippen LogP contribution in [0.25, 0.3) is 15.3 Å². The number of fused-ring (bicyclic) bond motifs is 3. The third-order valence-electron chi connectivity index (χ3n) is 3.79. The number of carbonyl (C=O) groups excluding carboxylic acids is 2. The van der Waals surface area contributed by atoms with E-state index in [4.69, 9.17) is 0 Å². The Kier molecular flexibility index (Phi) is 4.17. The summed E-state index contributed by atoms with van der Waals surface area (Å²) in [4.78, 5) is 32.7. The number of nitrogens with one attached hydrogen (secondary N) is 1. The molecule has 0 aliphatic rings. The number of thiazole rings is 1. The molecule has 0 aliphatic heterocycles. The molecule has 0 atom stereocenters. The van der Waals surface area contributed by atoms with Crippen LogP contribution in [0.4, 0.5) is 10.1 Å². The van der Waals surface area contributed by atoms with Crippen LogP contribution in [-0.4, -0.2) is 39.7 Å². The summed E-state index contributed by atoms with van der Waals surface area (Å²) in [5.74, 6) is -1.09. The second-order valence-electron chi connectivity index (χ2n) is 5.69. The number of rotatable bonds is 4. The number of halogens is 1. The lowest BCUT2D eigenvalue weighted by Gasteiger charge is -2.15. The first kappa shape index (κ1) is 16.7. The largest absolute Gasteiger partial charge is 0.332 e. The van der Waals surface area contributed by atoms with Gasteiger partial charge in [0.15, 0.2) is 4.96 Å². The van der Waals surface area contributed by atoms with E-state index in [0.29, 0.717) is 10.6 Å². The van der Waals surface area contributed by atoms with Gasteiger partial charge < -0.3 is 10.2 Å². The molecule has 3 heterocycles. The Hall–Kier alpha value is -2.78. The lowest BCUT2D eigenvalue weighted by Crippen LogP contribution is -2.34. The number of hydrogen-bond donors (Lipinski definition) is 1. The maximum Gasteiger partial charge on any atom is 0.264 e. The SMILES string of the molecule is CN(CC(=O)Nc1cccc(F)c1)C(=O)c1cc2c(nc3sccn32)s1. The molecule has 0 radical (unpaired) electrons. The van der Waals surface area contributed by atoms with Crippen molar-refractivity contribution in [2.24, 2.45) is 0 Å². The van der Waals surface area contributed by atoms with Gasteiger partial charge >= 0.3 is 0 Å². The predicted octanol–water partition coefficient (Wildman–Crippen LogP) is 3.46. The van der Waals surface area contributed by atoms with Crippen LogP contribution in [-0.2, 0) is 4.79 Å². The molecule has 0 fully saturated rings. The van der Waals surface area contributed by atoms with Gasteiger partial charge in [-0.05, 0) is 24.3 Å². The maximum absolute atomic E-state index is 13.2. The van der Waals surface area contributed by atoms with Crippen molar-refractivity contribution in [1.82, 2.24) is 14.3 Å². The molecule has 4 rings (SSSR count). The molecule has 0 saturated heterocycles.